The number of aryl methyl sites for hydroxylation is 1. The summed E-state index contributed by atoms with van der Waals surface area (Å²) in [5, 5.41) is 10.0. The Labute approximate surface area is 193 Å². The lowest BCUT2D eigenvalue weighted by Crippen LogP contribution is -2.28. The fraction of sp³-hybridized carbons (Fsp3) is 0.346. The van der Waals surface area contributed by atoms with Crippen molar-refractivity contribution in [2.75, 3.05) is 7.11 Å². The average Bonchev–Trinajstić information content (AvgIpc) is 3.34. The fourth-order valence-electron chi connectivity index (χ4n) is 4.45. The second kappa shape index (κ2) is 7.96. The van der Waals surface area contributed by atoms with Crippen LogP contribution in [0.1, 0.15) is 66.3 Å². The number of methoxy groups -OCH3 is 1. The highest BCUT2D eigenvalue weighted by atomic mass is 16.6. The molecule has 170 valence electrons. The van der Waals surface area contributed by atoms with Crippen molar-refractivity contribution in [1.29, 1.82) is 5.26 Å². The first-order chi connectivity index (χ1) is 15.6. The molecule has 0 radical (unpaired) electrons. The third-order valence-electron chi connectivity index (χ3n) is 5.93. The number of rotatable bonds is 3. The van der Waals surface area contributed by atoms with E-state index >= 15 is 0 Å². The van der Waals surface area contributed by atoms with Crippen LogP contribution in [0.25, 0.3) is 10.9 Å². The molecule has 0 spiro atoms. The van der Waals surface area contributed by atoms with Crippen LogP contribution in [-0.2, 0) is 11.3 Å². The monoisotopic (exact) mass is 445 g/mol. The summed E-state index contributed by atoms with van der Waals surface area (Å²) in [4.78, 5) is 27.9. The Hall–Kier alpha value is -3.79. The summed E-state index contributed by atoms with van der Waals surface area (Å²) < 4.78 is 12.8. The van der Waals surface area contributed by atoms with Gasteiger partial charge in [0.2, 0.25) is 0 Å². The van der Waals surface area contributed by atoms with E-state index in [0.29, 0.717) is 23.4 Å². The highest BCUT2D eigenvalue weighted by Gasteiger charge is 2.34. The predicted molar refractivity (Wildman–Crippen MR) is 124 cm³/mol. The number of benzene rings is 2. The summed E-state index contributed by atoms with van der Waals surface area (Å²) in [6.07, 6.45) is 1.24. The number of hydrogen-bond acceptors (Lipinski definition) is 5. The van der Waals surface area contributed by atoms with Crippen molar-refractivity contribution < 1.29 is 19.1 Å². The molecule has 0 bridgehead atoms. The number of nitrogens with zero attached hydrogens (tertiary/aromatic N) is 3. The molecule has 1 aliphatic heterocycles. The molecule has 1 atom stereocenters. The summed E-state index contributed by atoms with van der Waals surface area (Å²) >= 11 is 0. The first-order valence-corrected chi connectivity index (χ1v) is 10.8. The Morgan fingerprint density at radius 1 is 1.21 bits per heavy atom. The molecule has 3 aromatic rings. The molecule has 0 saturated heterocycles. The van der Waals surface area contributed by atoms with Crippen LogP contribution in [0, 0.1) is 18.3 Å². The normalized spacial score (nSPS) is 14.2. The SMILES string of the molecule is COc1cc(C)c2c(ccn2C(=O)OC(C)(C)C)c1C(C)N1Cc2ccc(C#N)cc2C1=O. The minimum atomic E-state index is -0.625. The zero-order valence-electron chi connectivity index (χ0n) is 19.7. The lowest BCUT2D eigenvalue weighted by Gasteiger charge is -2.27. The number of hydrogen-bond donors (Lipinski definition) is 0. The minimum Gasteiger partial charge on any atom is -0.496 e. The van der Waals surface area contributed by atoms with Gasteiger partial charge in [0.05, 0.1) is 30.3 Å². The van der Waals surface area contributed by atoms with E-state index in [1.807, 2.05) is 52.8 Å². The molecule has 2 aromatic carbocycles. The summed E-state index contributed by atoms with van der Waals surface area (Å²) in [5.74, 6) is 0.521. The molecule has 7 heteroatoms. The number of fused-ring (bicyclic) bond motifs is 2. The molecule has 1 unspecified atom stereocenters. The van der Waals surface area contributed by atoms with Gasteiger partial charge in [-0.15, -0.1) is 0 Å². The van der Waals surface area contributed by atoms with Crippen LogP contribution in [0.5, 0.6) is 5.75 Å². The predicted octanol–water partition coefficient (Wildman–Crippen LogP) is 5.33. The molecule has 0 N–H and O–H groups in total. The highest BCUT2D eigenvalue weighted by Crippen LogP contribution is 2.41. The van der Waals surface area contributed by atoms with Crippen molar-refractivity contribution in [3.05, 3.63) is 64.3 Å². The van der Waals surface area contributed by atoms with Gasteiger partial charge in [-0.1, -0.05) is 6.07 Å². The van der Waals surface area contributed by atoms with Crippen LogP contribution in [0.3, 0.4) is 0 Å². The van der Waals surface area contributed by atoms with Gasteiger partial charge in [0, 0.05) is 29.3 Å². The second-order valence-corrected chi connectivity index (χ2v) is 9.33. The lowest BCUT2D eigenvalue weighted by atomic mass is 9.98. The minimum absolute atomic E-state index is 0.128. The summed E-state index contributed by atoms with van der Waals surface area (Å²) in [7, 11) is 1.60. The zero-order valence-corrected chi connectivity index (χ0v) is 19.7. The van der Waals surface area contributed by atoms with E-state index < -0.39 is 11.7 Å². The van der Waals surface area contributed by atoms with Crippen molar-refractivity contribution in [1.82, 2.24) is 9.47 Å². The van der Waals surface area contributed by atoms with Gasteiger partial charge in [-0.05, 0) is 70.0 Å². The molecular weight excluding hydrogens is 418 g/mol. The van der Waals surface area contributed by atoms with Crippen molar-refractivity contribution in [2.24, 2.45) is 0 Å². The Morgan fingerprint density at radius 3 is 2.58 bits per heavy atom. The number of amides is 1. The highest BCUT2D eigenvalue weighted by molar-refractivity contribution is 6.00. The molecule has 0 fully saturated rings. The molecule has 2 heterocycles. The summed E-state index contributed by atoms with van der Waals surface area (Å²) in [6, 6.07) is 10.7. The van der Waals surface area contributed by atoms with Gasteiger partial charge in [-0.2, -0.15) is 5.26 Å². The maximum Gasteiger partial charge on any atom is 0.419 e. The van der Waals surface area contributed by atoms with Crippen LogP contribution in [-0.4, -0.2) is 34.2 Å². The Balaban J connectivity index is 1.80. The first-order valence-electron chi connectivity index (χ1n) is 10.8. The number of carbonyl (C=O) groups is 2. The van der Waals surface area contributed by atoms with Gasteiger partial charge in [0.1, 0.15) is 11.4 Å². The Morgan fingerprint density at radius 2 is 1.94 bits per heavy atom. The zero-order chi connectivity index (χ0) is 24.1. The van der Waals surface area contributed by atoms with E-state index in [0.717, 1.165) is 27.6 Å². The van der Waals surface area contributed by atoms with Crippen molar-refractivity contribution in [3.63, 3.8) is 0 Å². The number of nitriles is 1. The van der Waals surface area contributed by atoms with Gasteiger partial charge in [-0.25, -0.2) is 4.79 Å². The average molecular weight is 446 g/mol. The van der Waals surface area contributed by atoms with Crippen molar-refractivity contribution >= 4 is 22.9 Å². The summed E-state index contributed by atoms with van der Waals surface area (Å²) in [5.41, 5.74) is 3.68. The van der Waals surface area contributed by atoms with Crippen LogP contribution >= 0.6 is 0 Å². The molecule has 0 aliphatic carbocycles. The number of carbonyl (C=O) groups excluding carboxylic acids is 2. The molecule has 0 saturated carbocycles. The van der Waals surface area contributed by atoms with Gasteiger partial charge in [0.25, 0.3) is 5.91 Å². The van der Waals surface area contributed by atoms with Crippen LogP contribution in [0.2, 0.25) is 0 Å². The van der Waals surface area contributed by atoms with E-state index in [1.54, 1.807) is 30.3 Å². The molecular formula is C26H27N3O4. The molecule has 7 nitrogen and oxygen atoms in total. The third-order valence-corrected chi connectivity index (χ3v) is 5.93. The first kappa shape index (κ1) is 22.4. The van der Waals surface area contributed by atoms with Gasteiger partial charge in [0.15, 0.2) is 0 Å². The van der Waals surface area contributed by atoms with E-state index in [2.05, 4.69) is 6.07 Å². The Kier molecular flexibility index (Phi) is 5.41. The molecule has 1 aromatic heterocycles. The fourth-order valence-corrected chi connectivity index (χ4v) is 4.45. The number of ether oxygens (including phenoxy) is 2. The largest absolute Gasteiger partial charge is 0.496 e. The number of aromatic nitrogens is 1. The third kappa shape index (κ3) is 3.82. The molecule has 1 amide bonds. The van der Waals surface area contributed by atoms with Crippen LogP contribution in [0.4, 0.5) is 4.79 Å². The van der Waals surface area contributed by atoms with E-state index in [9.17, 15) is 14.9 Å². The van der Waals surface area contributed by atoms with E-state index in [4.69, 9.17) is 9.47 Å². The molecule has 33 heavy (non-hydrogen) atoms. The maximum absolute atomic E-state index is 13.2. The van der Waals surface area contributed by atoms with E-state index in [-0.39, 0.29) is 11.9 Å². The molecule has 1 aliphatic rings. The lowest BCUT2D eigenvalue weighted by molar-refractivity contribution is 0.0543. The van der Waals surface area contributed by atoms with Crippen LogP contribution in [0.15, 0.2) is 36.5 Å². The van der Waals surface area contributed by atoms with Crippen LogP contribution < -0.4 is 4.74 Å². The standard InChI is InChI=1S/C26H27N3O4/c1-15-11-21(32-6)22(19-9-10-28(23(15)19)25(31)33-26(3,4)5)16(2)29-14-18-8-7-17(13-27)12-20(18)24(29)30/h7-12,16H,14H2,1-6H3. The van der Waals surface area contributed by atoms with Gasteiger partial charge >= 0.3 is 6.09 Å². The molecule has 4 rings (SSSR count). The topological polar surface area (TPSA) is 84.6 Å². The smallest absolute Gasteiger partial charge is 0.419 e. The summed E-state index contributed by atoms with van der Waals surface area (Å²) in [6.45, 7) is 9.79. The van der Waals surface area contributed by atoms with Crippen molar-refractivity contribution in [2.45, 2.75) is 52.8 Å². The van der Waals surface area contributed by atoms with Gasteiger partial charge < -0.3 is 14.4 Å². The van der Waals surface area contributed by atoms with Gasteiger partial charge in [-0.3, -0.25) is 9.36 Å². The quantitative estimate of drug-likeness (QED) is 0.544. The second-order valence-electron chi connectivity index (χ2n) is 9.33. The van der Waals surface area contributed by atoms with E-state index in [1.165, 1.54) is 4.57 Å². The maximum atomic E-state index is 13.2. The Bertz CT molecular complexity index is 1320. The van der Waals surface area contributed by atoms with Crippen molar-refractivity contribution in [3.8, 4) is 11.8 Å².